The van der Waals surface area contributed by atoms with Crippen LogP contribution in [0.1, 0.15) is 22.3 Å². The molecule has 0 unspecified atom stereocenters. The zero-order valence-electron chi connectivity index (χ0n) is 39.7. The monoisotopic (exact) mass is 915 g/mol. The summed E-state index contributed by atoms with van der Waals surface area (Å²) >= 11 is 0. The number of hydrogen-bond acceptors (Lipinski definition) is 1. The van der Waals surface area contributed by atoms with Gasteiger partial charge in [0, 0.05) is 17.1 Å². The summed E-state index contributed by atoms with van der Waals surface area (Å²) in [6.45, 7) is 0. The summed E-state index contributed by atoms with van der Waals surface area (Å²) in [5, 5.41) is 2.50. The van der Waals surface area contributed by atoms with Gasteiger partial charge < -0.3 is 4.90 Å². The molecule has 1 heteroatoms. The number of rotatable bonds is 10. The minimum absolute atomic E-state index is 0.462. The van der Waals surface area contributed by atoms with E-state index in [9.17, 15) is 0 Å². The topological polar surface area (TPSA) is 3.24 Å². The largest absolute Gasteiger partial charge is 0.310 e. The first kappa shape index (κ1) is 42.8. The molecule has 0 fully saturated rings. The van der Waals surface area contributed by atoms with Gasteiger partial charge >= 0.3 is 0 Å². The van der Waals surface area contributed by atoms with Crippen molar-refractivity contribution in [2.45, 2.75) is 5.41 Å². The Morgan fingerprint density at radius 3 is 1.31 bits per heavy atom. The fourth-order valence-electron chi connectivity index (χ4n) is 11.3. The first-order valence-electron chi connectivity index (χ1n) is 24.9. The van der Waals surface area contributed by atoms with Crippen LogP contribution in [0.5, 0.6) is 0 Å². The maximum atomic E-state index is 2.45. The molecule has 0 saturated heterocycles. The molecule has 72 heavy (non-hydrogen) atoms. The van der Waals surface area contributed by atoms with Gasteiger partial charge in [0.2, 0.25) is 0 Å². The Hall–Kier alpha value is -9.30. The molecule has 338 valence electrons. The second-order valence-electron chi connectivity index (χ2n) is 18.8. The number of anilines is 3. The van der Waals surface area contributed by atoms with E-state index in [1.165, 1.54) is 94.2 Å². The SMILES string of the molecule is c1ccc(-c2ccc(-c3ccc(N(c4ccc(-c5ccc6c(c5)C(c5ccccc5)(c5ccccc5)c5ccccc5-6)cc4)c4cccc(-c5cccc(-c6cccc7ccccc67)c5)c4)cc3)cc2)cc1. The summed E-state index contributed by atoms with van der Waals surface area (Å²) in [5.41, 5.74) is 22.4. The molecule has 0 N–H and O–H groups in total. The normalized spacial score (nSPS) is 12.3. The summed E-state index contributed by atoms with van der Waals surface area (Å²) in [4.78, 5) is 2.39. The van der Waals surface area contributed by atoms with Crippen LogP contribution in [-0.4, -0.2) is 0 Å². The lowest BCUT2D eigenvalue weighted by Crippen LogP contribution is -2.28. The number of fused-ring (bicyclic) bond motifs is 4. The molecule has 0 aromatic heterocycles. The minimum atomic E-state index is -0.462. The van der Waals surface area contributed by atoms with E-state index in [4.69, 9.17) is 0 Å². The summed E-state index contributed by atoms with van der Waals surface area (Å²) in [6.07, 6.45) is 0. The van der Waals surface area contributed by atoms with Crippen molar-refractivity contribution in [1.82, 2.24) is 0 Å². The molecule has 0 amide bonds. The third kappa shape index (κ3) is 7.51. The van der Waals surface area contributed by atoms with E-state index in [2.05, 4.69) is 302 Å². The molecule has 0 bridgehead atoms. The van der Waals surface area contributed by atoms with Crippen LogP contribution in [0.15, 0.2) is 297 Å². The lowest BCUT2D eigenvalue weighted by atomic mass is 9.67. The molecule has 12 aromatic rings. The standard InChI is InChI=1S/C71H49N/c1-4-17-50(18-5-1)51-33-35-52(36-34-51)53-37-42-62(43-38-53)72(64-28-15-22-57(48-64)56-21-14-23-59(47-56)66-31-16-20-55-19-10-11-29-65(55)66)63-44-39-54(40-45-63)58-41-46-68-67-30-12-13-32-69(67)71(70(68)49-58,60-24-6-2-7-25-60)61-26-8-3-9-27-61/h1-49H. The van der Waals surface area contributed by atoms with Gasteiger partial charge in [-0.2, -0.15) is 0 Å². The molecule has 0 aliphatic heterocycles. The summed E-state index contributed by atoms with van der Waals surface area (Å²) in [5.74, 6) is 0. The highest BCUT2D eigenvalue weighted by molar-refractivity contribution is 5.97. The van der Waals surface area contributed by atoms with Gasteiger partial charge in [-0.25, -0.2) is 0 Å². The third-order valence-electron chi connectivity index (χ3n) is 14.8. The van der Waals surface area contributed by atoms with Gasteiger partial charge in [-0.1, -0.05) is 249 Å². The molecule has 13 rings (SSSR count). The molecular formula is C71H49N. The van der Waals surface area contributed by atoms with Crippen LogP contribution in [0, 0.1) is 0 Å². The molecule has 0 spiro atoms. The van der Waals surface area contributed by atoms with Crippen LogP contribution in [0.2, 0.25) is 0 Å². The molecule has 1 nitrogen and oxygen atoms in total. The Bertz CT molecular complexity index is 3830. The van der Waals surface area contributed by atoms with Crippen LogP contribution in [0.3, 0.4) is 0 Å². The molecule has 0 atom stereocenters. The van der Waals surface area contributed by atoms with Gasteiger partial charge in [0.25, 0.3) is 0 Å². The van der Waals surface area contributed by atoms with E-state index >= 15 is 0 Å². The Morgan fingerprint density at radius 2 is 0.639 bits per heavy atom. The van der Waals surface area contributed by atoms with Crippen LogP contribution in [0.25, 0.3) is 77.5 Å². The number of benzene rings is 12. The lowest BCUT2D eigenvalue weighted by molar-refractivity contribution is 0.769. The van der Waals surface area contributed by atoms with Crippen molar-refractivity contribution in [2.24, 2.45) is 0 Å². The van der Waals surface area contributed by atoms with Crippen molar-refractivity contribution in [3.05, 3.63) is 320 Å². The van der Waals surface area contributed by atoms with Crippen molar-refractivity contribution in [2.75, 3.05) is 4.90 Å². The summed E-state index contributed by atoms with van der Waals surface area (Å²) < 4.78 is 0. The quantitative estimate of drug-likeness (QED) is 0.132. The van der Waals surface area contributed by atoms with Crippen molar-refractivity contribution in [3.63, 3.8) is 0 Å². The zero-order chi connectivity index (χ0) is 47.8. The summed E-state index contributed by atoms with van der Waals surface area (Å²) in [6, 6.07) is 109. The smallest absolute Gasteiger partial charge is 0.0713 e. The van der Waals surface area contributed by atoms with E-state index in [0.717, 1.165) is 22.6 Å². The molecule has 0 radical (unpaired) electrons. The van der Waals surface area contributed by atoms with Crippen molar-refractivity contribution >= 4 is 27.8 Å². The molecular weight excluding hydrogens is 867 g/mol. The Kier molecular flexibility index (Phi) is 10.8. The highest BCUT2D eigenvalue weighted by Gasteiger charge is 2.46. The predicted octanol–water partition coefficient (Wildman–Crippen LogP) is 19.0. The average Bonchev–Trinajstić information content (AvgIpc) is 3.77. The Morgan fingerprint density at radius 1 is 0.222 bits per heavy atom. The number of hydrogen-bond donors (Lipinski definition) is 0. The molecule has 12 aromatic carbocycles. The number of nitrogens with zero attached hydrogens (tertiary/aromatic N) is 1. The molecule has 1 aliphatic carbocycles. The van der Waals surface area contributed by atoms with E-state index in [-0.39, 0.29) is 0 Å². The van der Waals surface area contributed by atoms with E-state index in [1.54, 1.807) is 0 Å². The first-order valence-corrected chi connectivity index (χ1v) is 24.9. The fourth-order valence-corrected chi connectivity index (χ4v) is 11.3. The second-order valence-corrected chi connectivity index (χ2v) is 18.8. The maximum absolute atomic E-state index is 2.45. The average molecular weight is 916 g/mol. The zero-order valence-corrected chi connectivity index (χ0v) is 39.7. The lowest BCUT2D eigenvalue weighted by Gasteiger charge is -2.34. The maximum Gasteiger partial charge on any atom is 0.0713 e. The fraction of sp³-hybridized carbons (Fsp3) is 0.0141. The van der Waals surface area contributed by atoms with E-state index in [0.29, 0.717) is 0 Å². The van der Waals surface area contributed by atoms with Crippen molar-refractivity contribution in [3.8, 4) is 66.8 Å². The van der Waals surface area contributed by atoms with Gasteiger partial charge in [0.15, 0.2) is 0 Å². The summed E-state index contributed by atoms with van der Waals surface area (Å²) in [7, 11) is 0. The minimum Gasteiger partial charge on any atom is -0.310 e. The van der Waals surface area contributed by atoms with Crippen LogP contribution >= 0.6 is 0 Å². The van der Waals surface area contributed by atoms with Gasteiger partial charge in [0.1, 0.15) is 0 Å². The van der Waals surface area contributed by atoms with Crippen LogP contribution < -0.4 is 4.90 Å². The van der Waals surface area contributed by atoms with Crippen LogP contribution in [0.4, 0.5) is 17.1 Å². The Balaban J connectivity index is 0.897. The highest BCUT2D eigenvalue weighted by Crippen LogP contribution is 2.57. The second kappa shape index (κ2) is 18.2. The van der Waals surface area contributed by atoms with Crippen molar-refractivity contribution in [1.29, 1.82) is 0 Å². The van der Waals surface area contributed by atoms with Crippen molar-refractivity contribution < 1.29 is 0 Å². The Labute approximate surface area is 422 Å². The van der Waals surface area contributed by atoms with Gasteiger partial charge in [-0.3, -0.25) is 0 Å². The molecule has 0 saturated carbocycles. The predicted molar refractivity (Wildman–Crippen MR) is 303 cm³/mol. The molecule has 1 aliphatic rings. The van der Waals surface area contributed by atoms with Gasteiger partial charge in [-0.15, -0.1) is 0 Å². The first-order chi connectivity index (χ1) is 35.7. The highest BCUT2D eigenvalue weighted by atomic mass is 15.1. The van der Waals surface area contributed by atoms with Gasteiger partial charge in [0.05, 0.1) is 5.41 Å². The van der Waals surface area contributed by atoms with Crippen LogP contribution in [-0.2, 0) is 5.41 Å². The van der Waals surface area contributed by atoms with E-state index < -0.39 is 5.41 Å². The van der Waals surface area contributed by atoms with E-state index in [1.807, 2.05) is 0 Å². The molecule has 0 heterocycles. The third-order valence-corrected chi connectivity index (χ3v) is 14.8. The van der Waals surface area contributed by atoms with Gasteiger partial charge in [-0.05, 0) is 148 Å².